The van der Waals surface area contributed by atoms with Crippen LogP contribution in [-0.2, 0) is 0 Å². The lowest BCUT2D eigenvalue weighted by Gasteiger charge is -2.23. The summed E-state index contributed by atoms with van der Waals surface area (Å²) in [5.74, 6) is 7.54. The number of hydrazine groups is 1. The molecule has 0 amide bonds. The summed E-state index contributed by atoms with van der Waals surface area (Å²) in [6.45, 7) is 2.26. The maximum absolute atomic E-state index is 5.79. The third-order valence-electron chi connectivity index (χ3n) is 4.06. The number of unbranched alkanes of at least 4 members (excludes halogenated alkanes) is 4. The summed E-state index contributed by atoms with van der Waals surface area (Å²) >= 11 is 1.97. The smallest absolute Gasteiger partial charge is 0.0287 e. The zero-order chi connectivity index (χ0) is 13.5. The number of hydrogen-bond acceptors (Lipinski definition) is 3. The third-order valence-corrected chi connectivity index (χ3v) is 5.26. The monoisotopic (exact) mass is 278 g/mol. The van der Waals surface area contributed by atoms with Crippen molar-refractivity contribution in [3.05, 3.63) is 29.8 Å². The van der Waals surface area contributed by atoms with E-state index < -0.39 is 0 Å². The van der Waals surface area contributed by atoms with Crippen LogP contribution in [0.5, 0.6) is 0 Å². The van der Waals surface area contributed by atoms with Crippen LogP contribution in [0.4, 0.5) is 0 Å². The SMILES string of the molecule is CCCCCCCC(NN)C1CSc2ccccc21. The fraction of sp³-hybridized carbons (Fsp3) is 0.625. The molecular formula is C16H26N2S. The molecule has 2 atom stereocenters. The Morgan fingerprint density at radius 1 is 1.26 bits per heavy atom. The first-order chi connectivity index (χ1) is 9.36. The van der Waals surface area contributed by atoms with Gasteiger partial charge in [-0.1, -0.05) is 57.2 Å². The normalized spacial score (nSPS) is 19.4. The number of rotatable bonds is 8. The summed E-state index contributed by atoms with van der Waals surface area (Å²) in [6.07, 6.45) is 7.86. The zero-order valence-electron chi connectivity index (χ0n) is 11.9. The molecule has 3 N–H and O–H groups in total. The first kappa shape index (κ1) is 14.9. The Morgan fingerprint density at radius 2 is 2.05 bits per heavy atom. The molecule has 0 aromatic heterocycles. The quantitative estimate of drug-likeness (QED) is 0.428. The topological polar surface area (TPSA) is 38.0 Å². The zero-order valence-corrected chi connectivity index (χ0v) is 12.7. The van der Waals surface area contributed by atoms with E-state index >= 15 is 0 Å². The standard InChI is InChI=1S/C16H26N2S/c1-2-3-4-5-6-10-15(18-17)14-12-19-16-11-8-7-9-13(14)16/h7-9,11,14-15,18H,2-6,10,12,17H2,1H3. The largest absolute Gasteiger partial charge is 0.271 e. The van der Waals surface area contributed by atoms with Gasteiger partial charge in [-0.05, 0) is 18.1 Å². The minimum absolute atomic E-state index is 0.428. The maximum Gasteiger partial charge on any atom is 0.0287 e. The van der Waals surface area contributed by atoms with Gasteiger partial charge < -0.3 is 0 Å². The van der Waals surface area contributed by atoms with Crippen molar-refractivity contribution in [3.63, 3.8) is 0 Å². The van der Waals surface area contributed by atoms with E-state index in [9.17, 15) is 0 Å². The molecule has 0 aliphatic carbocycles. The number of benzene rings is 1. The van der Waals surface area contributed by atoms with Gasteiger partial charge in [-0.25, -0.2) is 0 Å². The van der Waals surface area contributed by atoms with Crippen LogP contribution in [0.15, 0.2) is 29.2 Å². The highest BCUT2D eigenvalue weighted by Gasteiger charge is 2.29. The van der Waals surface area contributed by atoms with Gasteiger partial charge in [-0.15, -0.1) is 11.8 Å². The van der Waals surface area contributed by atoms with Crippen LogP contribution in [0.1, 0.15) is 56.9 Å². The summed E-state index contributed by atoms with van der Waals surface area (Å²) < 4.78 is 0. The van der Waals surface area contributed by atoms with Crippen LogP contribution in [0.25, 0.3) is 0 Å². The average Bonchev–Trinajstić information content (AvgIpc) is 2.87. The fourth-order valence-corrected chi connectivity index (χ4v) is 4.22. The summed E-state index contributed by atoms with van der Waals surface area (Å²) in [5.41, 5.74) is 4.55. The number of fused-ring (bicyclic) bond motifs is 1. The Morgan fingerprint density at radius 3 is 2.84 bits per heavy atom. The number of thioether (sulfide) groups is 1. The van der Waals surface area contributed by atoms with Crippen LogP contribution in [0, 0.1) is 0 Å². The van der Waals surface area contributed by atoms with E-state index in [4.69, 9.17) is 5.84 Å². The summed E-state index contributed by atoms with van der Waals surface area (Å²) in [5, 5.41) is 0. The molecule has 0 saturated carbocycles. The number of nitrogens with two attached hydrogens (primary N) is 1. The van der Waals surface area contributed by atoms with Gasteiger partial charge in [-0.2, -0.15) is 0 Å². The van der Waals surface area contributed by atoms with E-state index in [1.165, 1.54) is 54.7 Å². The second-order valence-electron chi connectivity index (χ2n) is 5.43. The van der Waals surface area contributed by atoms with Gasteiger partial charge in [0.2, 0.25) is 0 Å². The molecular weight excluding hydrogens is 252 g/mol. The first-order valence-corrected chi connectivity index (χ1v) is 8.53. The van der Waals surface area contributed by atoms with Crippen molar-refractivity contribution in [2.45, 2.75) is 62.3 Å². The number of nitrogens with one attached hydrogen (secondary N) is 1. The predicted octanol–water partition coefficient (Wildman–Crippen LogP) is 4.07. The second-order valence-corrected chi connectivity index (χ2v) is 6.49. The van der Waals surface area contributed by atoms with Gasteiger partial charge in [0.05, 0.1) is 0 Å². The first-order valence-electron chi connectivity index (χ1n) is 7.54. The van der Waals surface area contributed by atoms with E-state index in [1.807, 2.05) is 11.8 Å². The maximum atomic E-state index is 5.79. The second kappa shape index (κ2) is 7.93. The molecule has 0 spiro atoms. The van der Waals surface area contributed by atoms with Crippen molar-refractivity contribution in [2.24, 2.45) is 5.84 Å². The fourth-order valence-electron chi connectivity index (χ4n) is 2.89. The Balaban J connectivity index is 1.85. The Labute approximate surface area is 121 Å². The van der Waals surface area contributed by atoms with Crippen LogP contribution in [-0.4, -0.2) is 11.8 Å². The molecule has 0 bridgehead atoms. The summed E-state index contributed by atoms with van der Waals surface area (Å²) in [6, 6.07) is 9.20. The van der Waals surface area contributed by atoms with Crippen molar-refractivity contribution < 1.29 is 0 Å². The molecule has 0 fully saturated rings. The summed E-state index contributed by atoms with van der Waals surface area (Å²) in [7, 11) is 0. The van der Waals surface area contributed by atoms with Crippen LogP contribution < -0.4 is 11.3 Å². The highest BCUT2D eigenvalue weighted by atomic mass is 32.2. The van der Waals surface area contributed by atoms with Crippen molar-refractivity contribution in [2.75, 3.05) is 5.75 Å². The highest BCUT2D eigenvalue weighted by Crippen LogP contribution is 2.41. The highest BCUT2D eigenvalue weighted by molar-refractivity contribution is 7.99. The van der Waals surface area contributed by atoms with E-state index in [0.717, 1.165) is 0 Å². The van der Waals surface area contributed by atoms with E-state index in [1.54, 1.807) is 0 Å². The van der Waals surface area contributed by atoms with Crippen molar-refractivity contribution in [1.82, 2.24) is 5.43 Å². The van der Waals surface area contributed by atoms with E-state index in [2.05, 4.69) is 36.6 Å². The van der Waals surface area contributed by atoms with E-state index in [0.29, 0.717) is 12.0 Å². The molecule has 0 radical (unpaired) electrons. The lowest BCUT2D eigenvalue weighted by atomic mass is 9.90. The molecule has 1 aliphatic rings. The lowest BCUT2D eigenvalue weighted by molar-refractivity contribution is 0.417. The van der Waals surface area contributed by atoms with Crippen molar-refractivity contribution >= 4 is 11.8 Å². The molecule has 1 aliphatic heterocycles. The van der Waals surface area contributed by atoms with Crippen LogP contribution >= 0.6 is 11.8 Å². The van der Waals surface area contributed by atoms with Gasteiger partial charge in [0.1, 0.15) is 0 Å². The Kier molecular flexibility index (Phi) is 6.21. The van der Waals surface area contributed by atoms with Gasteiger partial charge in [0.25, 0.3) is 0 Å². The third kappa shape index (κ3) is 3.98. The predicted molar refractivity (Wildman–Crippen MR) is 84.4 cm³/mol. The molecule has 106 valence electrons. The molecule has 0 saturated heterocycles. The number of hydrogen-bond donors (Lipinski definition) is 2. The molecule has 2 unspecified atom stereocenters. The van der Waals surface area contributed by atoms with Crippen LogP contribution in [0.2, 0.25) is 0 Å². The summed E-state index contributed by atoms with van der Waals surface area (Å²) in [4.78, 5) is 1.44. The van der Waals surface area contributed by atoms with Gasteiger partial charge in [0, 0.05) is 22.6 Å². The molecule has 1 aromatic rings. The molecule has 3 heteroatoms. The molecule has 2 rings (SSSR count). The molecule has 1 aromatic carbocycles. The Bertz CT molecular complexity index is 381. The van der Waals surface area contributed by atoms with E-state index in [-0.39, 0.29) is 0 Å². The Hall–Kier alpha value is -0.510. The van der Waals surface area contributed by atoms with Crippen molar-refractivity contribution in [1.29, 1.82) is 0 Å². The minimum Gasteiger partial charge on any atom is -0.271 e. The van der Waals surface area contributed by atoms with Gasteiger partial charge >= 0.3 is 0 Å². The molecule has 2 nitrogen and oxygen atoms in total. The van der Waals surface area contributed by atoms with Crippen molar-refractivity contribution in [3.8, 4) is 0 Å². The average molecular weight is 278 g/mol. The van der Waals surface area contributed by atoms with Crippen LogP contribution in [0.3, 0.4) is 0 Å². The molecule has 1 heterocycles. The lowest BCUT2D eigenvalue weighted by Crippen LogP contribution is -2.40. The van der Waals surface area contributed by atoms with Gasteiger partial charge in [0.15, 0.2) is 0 Å². The molecule has 19 heavy (non-hydrogen) atoms. The minimum atomic E-state index is 0.428. The van der Waals surface area contributed by atoms with Gasteiger partial charge in [-0.3, -0.25) is 11.3 Å².